The van der Waals surface area contributed by atoms with Gasteiger partial charge in [-0.25, -0.2) is 8.42 Å². The molecule has 0 unspecified atom stereocenters. The molecule has 0 saturated carbocycles. The molecule has 2 aliphatic rings. The lowest BCUT2D eigenvalue weighted by Crippen LogP contribution is -2.48. The van der Waals surface area contributed by atoms with Gasteiger partial charge in [0.25, 0.3) is 15.9 Å². The van der Waals surface area contributed by atoms with Crippen LogP contribution in [0, 0.1) is 0 Å². The Bertz CT molecular complexity index is 1320. The Hall–Kier alpha value is -3.52. The van der Waals surface area contributed by atoms with E-state index >= 15 is 0 Å². The van der Waals surface area contributed by atoms with Crippen LogP contribution in [-0.2, 0) is 16.4 Å². The van der Waals surface area contributed by atoms with Gasteiger partial charge in [-0.1, -0.05) is 18.2 Å². The summed E-state index contributed by atoms with van der Waals surface area (Å²) < 4.78 is 33.3. The summed E-state index contributed by atoms with van der Waals surface area (Å²) in [6.45, 7) is 4.67. The molecule has 0 aromatic heterocycles. The van der Waals surface area contributed by atoms with E-state index in [1.54, 1.807) is 49.6 Å². The number of fused-ring (bicyclic) bond motifs is 1. The van der Waals surface area contributed by atoms with Crippen LogP contribution in [0.2, 0.25) is 0 Å². The van der Waals surface area contributed by atoms with E-state index in [4.69, 9.17) is 4.74 Å². The monoisotopic (exact) mass is 491 g/mol. The highest BCUT2D eigenvalue weighted by Gasteiger charge is 2.36. The number of rotatable bonds is 5. The Balaban J connectivity index is 1.30. The van der Waals surface area contributed by atoms with Gasteiger partial charge in [-0.05, 0) is 73.5 Å². The fourth-order valence-corrected chi connectivity index (χ4v) is 6.66. The smallest absolute Gasteiger partial charge is 0.264 e. The first-order valence-corrected chi connectivity index (χ1v) is 13.2. The van der Waals surface area contributed by atoms with Crippen LogP contribution in [0.3, 0.4) is 0 Å². The number of ether oxygens (including phenoxy) is 1. The van der Waals surface area contributed by atoms with Crippen molar-refractivity contribution in [1.82, 2.24) is 4.90 Å². The molecule has 1 amide bonds. The normalized spacial score (nSPS) is 17.9. The van der Waals surface area contributed by atoms with Crippen LogP contribution in [0.1, 0.15) is 22.8 Å². The Morgan fingerprint density at radius 1 is 0.914 bits per heavy atom. The van der Waals surface area contributed by atoms with E-state index in [2.05, 4.69) is 4.90 Å². The molecule has 0 bridgehead atoms. The summed E-state index contributed by atoms with van der Waals surface area (Å²) in [5.74, 6) is 0.808. The average Bonchev–Trinajstić information content (AvgIpc) is 3.24. The highest BCUT2D eigenvalue weighted by atomic mass is 32.2. The number of nitrogens with zero attached hydrogens (tertiary/aromatic N) is 3. The molecule has 35 heavy (non-hydrogen) atoms. The standard InChI is InChI=1S/C27H29N3O4S/c1-20-18-22-19-21(8-13-26(22)30(20)35(32,33)25-6-4-3-5-7-25)27(31)29-16-14-28(15-17-29)23-9-11-24(34-2)12-10-23/h3-13,19-20H,14-18H2,1-2H3/t20-/m1/s1. The second kappa shape index (κ2) is 9.26. The van der Waals surface area contributed by atoms with Gasteiger partial charge in [0, 0.05) is 43.5 Å². The zero-order chi connectivity index (χ0) is 24.6. The highest BCUT2D eigenvalue weighted by molar-refractivity contribution is 7.92. The average molecular weight is 492 g/mol. The van der Waals surface area contributed by atoms with Crippen molar-refractivity contribution < 1.29 is 17.9 Å². The van der Waals surface area contributed by atoms with Crippen LogP contribution in [0.25, 0.3) is 0 Å². The molecule has 1 saturated heterocycles. The molecule has 2 aliphatic heterocycles. The van der Waals surface area contributed by atoms with Crippen molar-refractivity contribution in [2.24, 2.45) is 0 Å². The molecule has 1 fully saturated rings. The maximum Gasteiger partial charge on any atom is 0.264 e. The summed E-state index contributed by atoms with van der Waals surface area (Å²) in [5, 5.41) is 0. The predicted octanol–water partition coefficient (Wildman–Crippen LogP) is 3.80. The van der Waals surface area contributed by atoms with Gasteiger partial charge in [0.05, 0.1) is 17.7 Å². The number of benzene rings is 3. The van der Waals surface area contributed by atoms with Gasteiger partial charge in [0.2, 0.25) is 0 Å². The molecule has 1 atom stereocenters. The second-order valence-corrected chi connectivity index (χ2v) is 10.8. The predicted molar refractivity (Wildman–Crippen MR) is 137 cm³/mol. The third-order valence-electron chi connectivity index (χ3n) is 6.78. The first-order valence-electron chi connectivity index (χ1n) is 11.8. The van der Waals surface area contributed by atoms with E-state index in [-0.39, 0.29) is 16.8 Å². The lowest BCUT2D eigenvalue weighted by molar-refractivity contribution is 0.0746. The van der Waals surface area contributed by atoms with Crippen molar-refractivity contribution in [3.8, 4) is 5.75 Å². The third kappa shape index (κ3) is 4.34. The number of amides is 1. The van der Waals surface area contributed by atoms with E-state index in [1.807, 2.05) is 42.2 Å². The number of hydrogen-bond donors (Lipinski definition) is 0. The van der Waals surface area contributed by atoms with Gasteiger partial charge in [0.15, 0.2) is 0 Å². The molecule has 182 valence electrons. The first-order chi connectivity index (χ1) is 16.9. The van der Waals surface area contributed by atoms with Crippen molar-refractivity contribution in [2.45, 2.75) is 24.3 Å². The van der Waals surface area contributed by atoms with Gasteiger partial charge in [-0.2, -0.15) is 0 Å². The molecule has 0 aliphatic carbocycles. The minimum Gasteiger partial charge on any atom is -0.497 e. The van der Waals surface area contributed by atoms with E-state index in [1.165, 1.54) is 4.31 Å². The van der Waals surface area contributed by atoms with Crippen molar-refractivity contribution >= 4 is 27.3 Å². The van der Waals surface area contributed by atoms with Gasteiger partial charge >= 0.3 is 0 Å². The largest absolute Gasteiger partial charge is 0.497 e. The van der Waals surface area contributed by atoms with Crippen LogP contribution in [-0.4, -0.2) is 58.6 Å². The fraction of sp³-hybridized carbons (Fsp3) is 0.296. The number of methoxy groups -OCH3 is 1. The van der Waals surface area contributed by atoms with Gasteiger partial charge in [0.1, 0.15) is 5.75 Å². The Morgan fingerprint density at radius 2 is 1.60 bits per heavy atom. The molecule has 3 aromatic carbocycles. The van der Waals surface area contributed by atoms with Gasteiger partial charge in [-0.15, -0.1) is 0 Å². The maximum absolute atomic E-state index is 13.3. The molecule has 5 rings (SSSR count). The maximum atomic E-state index is 13.3. The van der Waals surface area contributed by atoms with Crippen molar-refractivity contribution in [3.05, 3.63) is 83.9 Å². The molecule has 0 radical (unpaired) electrons. The van der Waals surface area contributed by atoms with Crippen LogP contribution >= 0.6 is 0 Å². The second-order valence-electron chi connectivity index (χ2n) is 8.99. The van der Waals surface area contributed by atoms with E-state index in [0.29, 0.717) is 30.8 Å². The fourth-order valence-electron chi connectivity index (χ4n) is 4.95. The summed E-state index contributed by atoms with van der Waals surface area (Å²) >= 11 is 0. The van der Waals surface area contributed by atoms with E-state index < -0.39 is 10.0 Å². The molecule has 3 aromatic rings. The SMILES string of the molecule is COc1ccc(N2CCN(C(=O)c3ccc4c(c3)C[C@@H](C)N4S(=O)(=O)c3ccccc3)CC2)cc1. The van der Waals surface area contributed by atoms with E-state index in [0.717, 1.165) is 30.1 Å². The minimum absolute atomic E-state index is 0.0146. The number of piperazine rings is 1. The van der Waals surface area contributed by atoms with Crippen LogP contribution in [0.15, 0.2) is 77.7 Å². The van der Waals surface area contributed by atoms with Gasteiger partial charge in [-0.3, -0.25) is 9.10 Å². The molecule has 8 heteroatoms. The number of carbonyl (C=O) groups excluding carboxylic acids is 1. The molecular formula is C27H29N3O4S. The highest BCUT2D eigenvalue weighted by Crippen LogP contribution is 2.37. The topological polar surface area (TPSA) is 70.2 Å². The summed E-state index contributed by atoms with van der Waals surface area (Å²) in [5.41, 5.74) is 3.26. The Labute approximate surface area is 206 Å². The minimum atomic E-state index is -3.67. The summed E-state index contributed by atoms with van der Waals surface area (Å²) in [4.78, 5) is 17.7. The van der Waals surface area contributed by atoms with Crippen molar-refractivity contribution in [1.29, 1.82) is 0 Å². The third-order valence-corrected chi connectivity index (χ3v) is 8.73. The molecule has 2 heterocycles. The van der Waals surface area contributed by atoms with Crippen molar-refractivity contribution in [3.63, 3.8) is 0 Å². The molecular weight excluding hydrogens is 462 g/mol. The summed E-state index contributed by atoms with van der Waals surface area (Å²) in [7, 11) is -2.02. The lowest BCUT2D eigenvalue weighted by atomic mass is 10.1. The molecule has 0 N–H and O–H groups in total. The number of hydrogen-bond acceptors (Lipinski definition) is 5. The lowest BCUT2D eigenvalue weighted by Gasteiger charge is -2.36. The van der Waals surface area contributed by atoms with Crippen LogP contribution in [0.4, 0.5) is 11.4 Å². The zero-order valence-electron chi connectivity index (χ0n) is 19.9. The Kier molecular flexibility index (Phi) is 6.15. The van der Waals surface area contributed by atoms with E-state index in [9.17, 15) is 13.2 Å². The van der Waals surface area contributed by atoms with Crippen LogP contribution in [0.5, 0.6) is 5.75 Å². The number of carbonyl (C=O) groups is 1. The van der Waals surface area contributed by atoms with Crippen molar-refractivity contribution in [2.75, 3.05) is 42.5 Å². The molecule has 7 nitrogen and oxygen atoms in total. The summed E-state index contributed by atoms with van der Waals surface area (Å²) in [6, 6.07) is 21.6. The van der Waals surface area contributed by atoms with Crippen LogP contribution < -0.4 is 13.9 Å². The number of sulfonamides is 1. The first kappa shape index (κ1) is 23.2. The quantitative estimate of drug-likeness (QED) is 0.543. The summed E-state index contributed by atoms with van der Waals surface area (Å²) in [6.07, 6.45) is 0.577. The van der Waals surface area contributed by atoms with Gasteiger partial charge < -0.3 is 14.5 Å². The Morgan fingerprint density at radius 3 is 2.26 bits per heavy atom. The molecule has 0 spiro atoms. The number of anilines is 2. The zero-order valence-corrected chi connectivity index (χ0v) is 20.7.